The number of carbonyl (C=O) groups excluding carboxylic acids is 2. The predicted molar refractivity (Wildman–Crippen MR) is 91.4 cm³/mol. The van der Waals surface area contributed by atoms with Crippen LogP contribution in [0.4, 0.5) is 4.79 Å². The van der Waals surface area contributed by atoms with Crippen molar-refractivity contribution in [2.45, 2.75) is 6.92 Å². The van der Waals surface area contributed by atoms with Gasteiger partial charge in [0.25, 0.3) is 5.91 Å². The Morgan fingerprint density at radius 3 is 2.45 bits per heavy atom. The number of amides is 3. The number of nitrogens with zero attached hydrogens (tertiary/aromatic N) is 1. The second-order valence-electron chi connectivity index (χ2n) is 4.45. The van der Waals surface area contributed by atoms with Crippen LogP contribution in [0.3, 0.4) is 0 Å². The van der Waals surface area contributed by atoms with Crippen molar-refractivity contribution in [3.05, 3.63) is 45.0 Å². The van der Waals surface area contributed by atoms with Crippen LogP contribution in [-0.4, -0.2) is 30.0 Å². The van der Waals surface area contributed by atoms with E-state index in [2.05, 4.69) is 43.8 Å². The first-order chi connectivity index (χ1) is 10.5. The largest absolute Gasteiger partial charge is 0.487 e. The van der Waals surface area contributed by atoms with Gasteiger partial charge in [0.05, 0.1) is 8.95 Å². The average Bonchev–Trinajstić information content (AvgIpc) is 2.72. The Morgan fingerprint density at radius 1 is 1.32 bits per heavy atom. The van der Waals surface area contributed by atoms with Gasteiger partial charge >= 0.3 is 6.03 Å². The topological polar surface area (TPSA) is 58.6 Å². The van der Waals surface area contributed by atoms with Crippen LogP contribution in [0.5, 0.6) is 5.75 Å². The molecule has 7 heteroatoms. The molecule has 1 aromatic rings. The Bertz CT molecular complexity index is 648. The predicted octanol–water partition coefficient (Wildman–Crippen LogP) is 3.69. The molecule has 1 aliphatic rings. The van der Waals surface area contributed by atoms with Crippen molar-refractivity contribution in [2.75, 3.05) is 13.2 Å². The molecule has 0 radical (unpaired) electrons. The molecule has 1 aliphatic heterocycles. The summed E-state index contributed by atoms with van der Waals surface area (Å²) in [6, 6.07) is 3.22. The number of hydrogen-bond acceptors (Lipinski definition) is 3. The highest BCUT2D eigenvalue weighted by molar-refractivity contribution is 9.11. The first-order valence-electron chi connectivity index (χ1n) is 6.55. The maximum absolute atomic E-state index is 12.0. The highest BCUT2D eigenvalue weighted by Gasteiger charge is 2.32. The van der Waals surface area contributed by atoms with E-state index >= 15 is 0 Å². The van der Waals surface area contributed by atoms with Gasteiger partial charge in [-0.25, -0.2) is 4.79 Å². The van der Waals surface area contributed by atoms with Crippen LogP contribution in [0.25, 0.3) is 6.08 Å². The lowest BCUT2D eigenvalue weighted by Gasteiger charge is -2.10. The van der Waals surface area contributed by atoms with Crippen molar-refractivity contribution < 1.29 is 14.3 Å². The maximum Gasteiger partial charge on any atom is 0.328 e. The summed E-state index contributed by atoms with van der Waals surface area (Å²) in [6.45, 7) is 6.08. The number of urea groups is 1. The molecule has 1 heterocycles. The van der Waals surface area contributed by atoms with E-state index in [1.54, 1.807) is 19.1 Å². The summed E-state index contributed by atoms with van der Waals surface area (Å²) in [4.78, 5) is 24.8. The molecule has 0 atom stereocenters. The average molecular weight is 430 g/mol. The zero-order valence-electron chi connectivity index (χ0n) is 11.9. The molecule has 0 bridgehead atoms. The van der Waals surface area contributed by atoms with Gasteiger partial charge in [0, 0.05) is 6.54 Å². The van der Waals surface area contributed by atoms with E-state index in [1.807, 2.05) is 12.1 Å². The second-order valence-corrected chi connectivity index (χ2v) is 6.16. The Balaban J connectivity index is 2.31. The summed E-state index contributed by atoms with van der Waals surface area (Å²) >= 11 is 6.86. The number of carbonyl (C=O) groups is 2. The molecular weight excluding hydrogens is 416 g/mol. The Kier molecular flexibility index (Phi) is 5.42. The normalized spacial score (nSPS) is 16.1. The minimum atomic E-state index is -0.400. The number of imide groups is 1. The molecule has 3 amide bonds. The molecule has 5 nitrogen and oxygen atoms in total. The third kappa shape index (κ3) is 3.41. The number of hydrogen-bond donors (Lipinski definition) is 1. The molecule has 0 saturated carbocycles. The fourth-order valence-corrected chi connectivity index (χ4v) is 3.42. The van der Waals surface area contributed by atoms with Crippen LogP contribution >= 0.6 is 31.9 Å². The summed E-state index contributed by atoms with van der Waals surface area (Å²) in [7, 11) is 0. The highest BCUT2D eigenvalue weighted by atomic mass is 79.9. The lowest BCUT2D eigenvalue weighted by molar-refractivity contribution is -0.122. The van der Waals surface area contributed by atoms with E-state index in [9.17, 15) is 9.59 Å². The zero-order valence-corrected chi connectivity index (χ0v) is 15.0. The van der Waals surface area contributed by atoms with E-state index in [0.717, 1.165) is 19.4 Å². The van der Waals surface area contributed by atoms with E-state index in [4.69, 9.17) is 4.74 Å². The smallest absolute Gasteiger partial charge is 0.328 e. The quantitative estimate of drug-likeness (QED) is 0.441. The maximum atomic E-state index is 12.0. The highest BCUT2D eigenvalue weighted by Crippen LogP contribution is 2.35. The molecule has 1 fully saturated rings. The fourth-order valence-electron chi connectivity index (χ4n) is 1.97. The molecular formula is C15H14Br2N2O3. The van der Waals surface area contributed by atoms with Crippen molar-refractivity contribution in [3.8, 4) is 5.75 Å². The van der Waals surface area contributed by atoms with Crippen molar-refractivity contribution in [1.29, 1.82) is 0 Å². The number of ether oxygens (including phenoxy) is 1. The van der Waals surface area contributed by atoms with Crippen molar-refractivity contribution in [1.82, 2.24) is 10.2 Å². The first-order valence-corrected chi connectivity index (χ1v) is 8.13. The Hall–Kier alpha value is -1.60. The van der Waals surface area contributed by atoms with Gasteiger partial charge < -0.3 is 10.1 Å². The van der Waals surface area contributed by atoms with Crippen LogP contribution in [-0.2, 0) is 4.79 Å². The van der Waals surface area contributed by atoms with Crippen molar-refractivity contribution in [3.63, 3.8) is 0 Å². The van der Waals surface area contributed by atoms with Gasteiger partial charge in [-0.3, -0.25) is 9.69 Å². The standard InChI is InChI=1S/C15H14Br2N2O3/c1-3-5-22-13-10(16)6-9(7-11(13)17)8-12-14(20)19(4-2)15(21)18-12/h3,6-8H,1,4-5H2,2H3,(H,18,21)/b12-8-. The number of halogens is 2. The summed E-state index contributed by atoms with van der Waals surface area (Å²) in [5.41, 5.74) is 1.01. The molecule has 0 aliphatic carbocycles. The number of rotatable bonds is 5. The molecule has 0 aromatic heterocycles. The number of benzene rings is 1. The molecule has 0 unspecified atom stereocenters. The van der Waals surface area contributed by atoms with Gasteiger partial charge in [0.15, 0.2) is 0 Å². The molecule has 22 heavy (non-hydrogen) atoms. The minimum Gasteiger partial charge on any atom is -0.487 e. The number of likely N-dealkylation sites (N-methyl/N-ethyl adjacent to an activating group) is 1. The molecule has 1 aromatic carbocycles. The summed E-state index contributed by atoms with van der Waals surface area (Å²) < 4.78 is 7.01. The van der Waals surface area contributed by atoms with Crippen LogP contribution in [0, 0.1) is 0 Å². The van der Waals surface area contributed by atoms with Crippen LogP contribution < -0.4 is 10.1 Å². The van der Waals surface area contributed by atoms with Gasteiger partial charge in [-0.1, -0.05) is 12.7 Å². The van der Waals surface area contributed by atoms with Gasteiger partial charge in [-0.2, -0.15) is 0 Å². The Labute approximate surface area is 145 Å². The van der Waals surface area contributed by atoms with Gasteiger partial charge in [-0.05, 0) is 62.6 Å². The van der Waals surface area contributed by atoms with Crippen LogP contribution in [0.1, 0.15) is 12.5 Å². The lowest BCUT2D eigenvalue weighted by atomic mass is 10.2. The summed E-state index contributed by atoms with van der Waals surface area (Å²) in [6.07, 6.45) is 3.28. The second kappa shape index (κ2) is 7.11. The third-order valence-electron chi connectivity index (χ3n) is 2.96. The van der Waals surface area contributed by atoms with E-state index in [1.165, 1.54) is 0 Å². The van der Waals surface area contributed by atoms with Crippen molar-refractivity contribution >= 4 is 49.9 Å². The summed E-state index contributed by atoms with van der Waals surface area (Å²) in [5.74, 6) is 0.325. The van der Waals surface area contributed by atoms with Gasteiger partial charge in [0.2, 0.25) is 0 Å². The lowest BCUT2D eigenvalue weighted by Crippen LogP contribution is -2.30. The Morgan fingerprint density at radius 2 is 1.95 bits per heavy atom. The molecule has 2 rings (SSSR count). The van der Waals surface area contributed by atoms with Crippen LogP contribution in [0.2, 0.25) is 0 Å². The monoisotopic (exact) mass is 428 g/mol. The summed E-state index contributed by atoms with van der Waals surface area (Å²) in [5, 5.41) is 2.56. The van der Waals surface area contributed by atoms with E-state index < -0.39 is 6.03 Å². The zero-order chi connectivity index (χ0) is 16.3. The first kappa shape index (κ1) is 16.8. The van der Waals surface area contributed by atoms with E-state index in [0.29, 0.717) is 18.9 Å². The van der Waals surface area contributed by atoms with E-state index in [-0.39, 0.29) is 11.6 Å². The molecule has 1 N–H and O–H groups in total. The fraction of sp³-hybridized carbons (Fsp3) is 0.200. The van der Waals surface area contributed by atoms with Crippen LogP contribution in [0.15, 0.2) is 39.4 Å². The SMILES string of the molecule is C=CCOc1c(Br)cc(/C=C2\NC(=O)N(CC)C2=O)cc1Br. The van der Waals surface area contributed by atoms with Gasteiger partial charge in [-0.15, -0.1) is 0 Å². The molecule has 0 spiro atoms. The van der Waals surface area contributed by atoms with Crippen molar-refractivity contribution in [2.24, 2.45) is 0 Å². The van der Waals surface area contributed by atoms with Gasteiger partial charge in [0.1, 0.15) is 18.1 Å². The number of nitrogens with one attached hydrogen (secondary N) is 1. The molecule has 1 saturated heterocycles. The minimum absolute atomic E-state index is 0.255. The third-order valence-corrected chi connectivity index (χ3v) is 4.13. The molecule has 116 valence electrons.